The zero-order chi connectivity index (χ0) is 21.9. The van der Waals surface area contributed by atoms with Crippen LogP contribution in [0.3, 0.4) is 0 Å². The second-order valence-electron chi connectivity index (χ2n) is 10.6. The zero-order valence-corrected chi connectivity index (χ0v) is 19.4. The molecule has 2 unspecified atom stereocenters. The Balaban J connectivity index is 1.16. The van der Waals surface area contributed by atoms with Gasteiger partial charge in [-0.1, -0.05) is 43.9 Å². The lowest BCUT2D eigenvalue weighted by atomic mass is 9.77. The zero-order valence-electron chi connectivity index (χ0n) is 19.4. The maximum atomic E-state index is 13.5. The van der Waals surface area contributed by atoms with E-state index >= 15 is 0 Å². The Bertz CT molecular complexity index is 811. The van der Waals surface area contributed by atoms with Gasteiger partial charge in [-0.2, -0.15) is 0 Å². The summed E-state index contributed by atoms with van der Waals surface area (Å²) in [5.74, 6) is 0.856. The maximum absolute atomic E-state index is 13.5. The SMILES string of the molecule is O=C(NC1CCN(CC2CCCC2)CC1)C1CCCCC1C(=O)N1CCc2ccccc21. The van der Waals surface area contributed by atoms with E-state index < -0.39 is 0 Å². The highest BCUT2D eigenvalue weighted by atomic mass is 16.2. The summed E-state index contributed by atoms with van der Waals surface area (Å²) in [7, 11) is 0. The third kappa shape index (κ3) is 4.73. The predicted molar refractivity (Wildman–Crippen MR) is 128 cm³/mol. The van der Waals surface area contributed by atoms with Crippen LogP contribution in [0.2, 0.25) is 0 Å². The molecular formula is C27H39N3O2. The summed E-state index contributed by atoms with van der Waals surface area (Å²) >= 11 is 0. The van der Waals surface area contributed by atoms with E-state index in [4.69, 9.17) is 0 Å². The molecule has 1 aromatic carbocycles. The number of hydrogen-bond donors (Lipinski definition) is 1. The number of rotatable bonds is 5. The first-order valence-electron chi connectivity index (χ1n) is 13.1. The van der Waals surface area contributed by atoms with Crippen LogP contribution in [-0.4, -0.2) is 48.9 Å². The highest BCUT2D eigenvalue weighted by Gasteiger charge is 2.40. The molecule has 174 valence electrons. The van der Waals surface area contributed by atoms with Gasteiger partial charge in [0.15, 0.2) is 0 Å². The Kier molecular flexibility index (Phi) is 6.82. The lowest BCUT2D eigenvalue weighted by molar-refractivity contribution is -0.135. The molecule has 1 N–H and O–H groups in total. The van der Waals surface area contributed by atoms with Crippen LogP contribution in [0.1, 0.15) is 69.8 Å². The van der Waals surface area contributed by atoms with E-state index in [2.05, 4.69) is 22.3 Å². The summed E-state index contributed by atoms with van der Waals surface area (Å²) in [6.45, 7) is 4.19. The van der Waals surface area contributed by atoms with Gasteiger partial charge in [0.25, 0.3) is 0 Å². The third-order valence-electron chi connectivity index (χ3n) is 8.50. The molecular weight excluding hydrogens is 398 g/mol. The van der Waals surface area contributed by atoms with Crippen molar-refractivity contribution in [3.05, 3.63) is 29.8 Å². The van der Waals surface area contributed by atoms with Gasteiger partial charge in [0.1, 0.15) is 0 Å². The van der Waals surface area contributed by atoms with Gasteiger partial charge in [0, 0.05) is 43.8 Å². The standard InChI is InChI=1S/C27H39N3O2/c31-26(28-22-14-16-29(17-15-22)19-20-7-1-2-8-20)23-10-4-5-11-24(23)27(32)30-18-13-21-9-3-6-12-25(21)30/h3,6,9,12,20,22-24H,1-2,4-5,7-8,10-11,13-19H2,(H,28,31). The quantitative estimate of drug-likeness (QED) is 0.753. The number of carbonyl (C=O) groups is 2. The van der Waals surface area contributed by atoms with Gasteiger partial charge >= 0.3 is 0 Å². The second kappa shape index (κ2) is 9.94. The number of para-hydroxylation sites is 1. The Morgan fingerprint density at radius 2 is 1.53 bits per heavy atom. The van der Waals surface area contributed by atoms with Crippen molar-refractivity contribution in [2.24, 2.45) is 17.8 Å². The molecule has 32 heavy (non-hydrogen) atoms. The molecule has 2 amide bonds. The number of piperidine rings is 1. The Morgan fingerprint density at radius 1 is 0.844 bits per heavy atom. The van der Waals surface area contributed by atoms with Crippen molar-refractivity contribution in [2.75, 3.05) is 31.1 Å². The number of fused-ring (bicyclic) bond motifs is 1. The first kappa shape index (κ1) is 21.9. The summed E-state index contributed by atoms with van der Waals surface area (Å²) in [4.78, 5) is 31.4. The minimum Gasteiger partial charge on any atom is -0.353 e. The molecule has 2 aliphatic heterocycles. The van der Waals surface area contributed by atoms with Gasteiger partial charge in [-0.3, -0.25) is 9.59 Å². The number of carbonyl (C=O) groups excluding carboxylic acids is 2. The molecule has 5 rings (SSSR count). The van der Waals surface area contributed by atoms with Crippen molar-refractivity contribution >= 4 is 17.5 Å². The van der Waals surface area contributed by atoms with Gasteiger partial charge < -0.3 is 15.1 Å². The van der Waals surface area contributed by atoms with Gasteiger partial charge in [-0.25, -0.2) is 0 Å². The van der Waals surface area contributed by atoms with Gasteiger partial charge in [-0.15, -0.1) is 0 Å². The molecule has 2 aliphatic carbocycles. The Hall–Kier alpha value is -1.88. The first-order valence-corrected chi connectivity index (χ1v) is 13.1. The van der Waals surface area contributed by atoms with Crippen LogP contribution in [0.4, 0.5) is 5.69 Å². The van der Waals surface area contributed by atoms with Gasteiger partial charge in [0.05, 0.1) is 5.92 Å². The molecule has 1 saturated heterocycles. The predicted octanol–water partition coefficient (Wildman–Crippen LogP) is 4.15. The Morgan fingerprint density at radius 3 is 2.31 bits per heavy atom. The van der Waals surface area contributed by atoms with E-state index in [0.717, 1.165) is 76.2 Å². The van der Waals surface area contributed by atoms with Crippen LogP contribution in [-0.2, 0) is 16.0 Å². The van der Waals surface area contributed by atoms with Crippen LogP contribution < -0.4 is 10.2 Å². The van der Waals surface area contributed by atoms with Crippen molar-refractivity contribution in [2.45, 2.75) is 76.7 Å². The minimum absolute atomic E-state index is 0.129. The highest BCUT2D eigenvalue weighted by molar-refractivity contribution is 5.99. The van der Waals surface area contributed by atoms with E-state index in [1.807, 2.05) is 17.0 Å². The number of likely N-dealkylation sites (tertiary alicyclic amines) is 1. The van der Waals surface area contributed by atoms with Crippen molar-refractivity contribution in [1.82, 2.24) is 10.2 Å². The van der Waals surface area contributed by atoms with E-state index in [-0.39, 0.29) is 29.7 Å². The largest absolute Gasteiger partial charge is 0.353 e. The second-order valence-corrected chi connectivity index (χ2v) is 10.6. The molecule has 0 bridgehead atoms. The topological polar surface area (TPSA) is 52.7 Å². The molecule has 2 heterocycles. The average molecular weight is 438 g/mol. The van der Waals surface area contributed by atoms with Crippen molar-refractivity contribution < 1.29 is 9.59 Å². The highest BCUT2D eigenvalue weighted by Crippen LogP contribution is 2.36. The molecule has 4 aliphatic rings. The number of nitrogens with one attached hydrogen (secondary N) is 1. The lowest BCUT2D eigenvalue weighted by Crippen LogP contribution is -2.50. The summed E-state index contributed by atoms with van der Waals surface area (Å²) in [5.41, 5.74) is 2.30. The number of benzene rings is 1. The fraction of sp³-hybridized carbons (Fsp3) is 0.704. The van der Waals surface area contributed by atoms with Crippen molar-refractivity contribution in [3.8, 4) is 0 Å². The fourth-order valence-electron chi connectivity index (χ4n) is 6.63. The number of nitrogens with zero attached hydrogens (tertiary/aromatic N) is 2. The minimum atomic E-state index is -0.169. The molecule has 0 radical (unpaired) electrons. The van der Waals surface area contributed by atoms with Crippen LogP contribution in [0.25, 0.3) is 0 Å². The molecule has 0 spiro atoms. The van der Waals surface area contributed by atoms with E-state index in [0.29, 0.717) is 0 Å². The molecule has 2 atom stereocenters. The van der Waals surface area contributed by atoms with E-state index in [1.54, 1.807) is 0 Å². The van der Waals surface area contributed by atoms with E-state index in [9.17, 15) is 9.59 Å². The normalized spacial score (nSPS) is 27.4. The number of anilines is 1. The van der Waals surface area contributed by atoms with Crippen LogP contribution in [0.5, 0.6) is 0 Å². The van der Waals surface area contributed by atoms with Gasteiger partial charge in [0.2, 0.25) is 11.8 Å². The summed E-state index contributed by atoms with van der Waals surface area (Å²) < 4.78 is 0. The van der Waals surface area contributed by atoms with Crippen molar-refractivity contribution in [3.63, 3.8) is 0 Å². The van der Waals surface area contributed by atoms with Crippen LogP contribution >= 0.6 is 0 Å². The maximum Gasteiger partial charge on any atom is 0.230 e. The summed E-state index contributed by atoms with van der Waals surface area (Å²) in [6, 6.07) is 8.49. The van der Waals surface area contributed by atoms with Crippen LogP contribution in [0, 0.1) is 17.8 Å². The lowest BCUT2D eigenvalue weighted by Gasteiger charge is -2.36. The molecule has 5 heteroatoms. The monoisotopic (exact) mass is 437 g/mol. The van der Waals surface area contributed by atoms with Crippen LogP contribution in [0.15, 0.2) is 24.3 Å². The molecule has 0 aromatic heterocycles. The first-order chi connectivity index (χ1) is 15.7. The Labute approximate surface area is 192 Å². The van der Waals surface area contributed by atoms with E-state index in [1.165, 1.54) is 37.8 Å². The molecule has 5 nitrogen and oxygen atoms in total. The summed E-state index contributed by atoms with van der Waals surface area (Å²) in [5, 5.41) is 3.36. The molecule has 1 aromatic rings. The van der Waals surface area contributed by atoms with Gasteiger partial charge in [-0.05, 0) is 62.5 Å². The average Bonchev–Trinajstić information content (AvgIpc) is 3.50. The fourth-order valence-corrected chi connectivity index (χ4v) is 6.63. The number of amides is 2. The number of hydrogen-bond acceptors (Lipinski definition) is 3. The molecule has 2 saturated carbocycles. The van der Waals surface area contributed by atoms with Crippen molar-refractivity contribution in [1.29, 1.82) is 0 Å². The molecule has 3 fully saturated rings. The third-order valence-corrected chi connectivity index (χ3v) is 8.50. The summed E-state index contributed by atoms with van der Waals surface area (Å²) in [6.07, 6.45) is 12.4. The smallest absolute Gasteiger partial charge is 0.230 e.